The number of hydrogen-bond donors (Lipinski definition) is 0. The fourth-order valence-electron chi connectivity index (χ4n) is 2.02. The number of unbranched alkanes of at least 4 members (excludes halogenated alkanes) is 3. The summed E-state index contributed by atoms with van der Waals surface area (Å²) in [6, 6.07) is 0. The van der Waals surface area contributed by atoms with E-state index in [1.54, 1.807) is 5.01 Å². The highest BCUT2D eigenvalue weighted by Gasteiger charge is 2.46. The highest BCUT2D eigenvalue weighted by atomic mass is 19.4. The van der Waals surface area contributed by atoms with Gasteiger partial charge < -0.3 is 4.74 Å². The number of hydrazone groups is 1. The fraction of sp³-hybridized carbons (Fsp3) is 0.929. The smallest absolute Gasteiger partial charge is 0.341 e. The van der Waals surface area contributed by atoms with E-state index in [0.29, 0.717) is 6.42 Å². The molecule has 1 atom stereocenters. The van der Waals surface area contributed by atoms with E-state index in [-0.39, 0.29) is 18.0 Å². The largest absolute Gasteiger partial charge is 0.420 e. The molecule has 20 heavy (non-hydrogen) atoms. The van der Waals surface area contributed by atoms with Gasteiger partial charge in [-0.1, -0.05) is 26.2 Å². The Balaban J connectivity index is 2.79. The predicted octanol–water partition coefficient (Wildman–Crippen LogP) is 4.33. The summed E-state index contributed by atoms with van der Waals surface area (Å²) in [6.07, 6.45) is -2.14. The molecule has 1 aliphatic rings. The van der Waals surface area contributed by atoms with Gasteiger partial charge in [0, 0.05) is 0 Å². The standard InChI is InChI=1S/C14H25F3N2O/c1-5-6-7-8-9-11-12(14(15,16)17)20-10-19(18-11)13(2,3)4/h12H,5-10H2,1-4H3. The van der Waals surface area contributed by atoms with Gasteiger partial charge in [0.1, 0.15) is 6.73 Å². The molecular formula is C14H25F3N2O. The Morgan fingerprint density at radius 2 is 1.85 bits per heavy atom. The van der Waals surface area contributed by atoms with Gasteiger partial charge in [-0.3, -0.25) is 5.01 Å². The lowest BCUT2D eigenvalue weighted by Crippen LogP contribution is -2.50. The number of halogens is 3. The minimum absolute atomic E-state index is 0.106. The van der Waals surface area contributed by atoms with Gasteiger partial charge in [0.2, 0.25) is 0 Å². The van der Waals surface area contributed by atoms with Crippen LogP contribution in [0.2, 0.25) is 0 Å². The summed E-state index contributed by atoms with van der Waals surface area (Å²) in [6.45, 7) is 7.67. The molecule has 1 unspecified atom stereocenters. The molecular weight excluding hydrogens is 269 g/mol. The van der Waals surface area contributed by atoms with Crippen LogP contribution in [0.3, 0.4) is 0 Å². The summed E-state index contributed by atoms with van der Waals surface area (Å²) in [5, 5.41) is 5.79. The molecule has 6 heteroatoms. The van der Waals surface area contributed by atoms with Gasteiger partial charge in [-0.05, 0) is 33.6 Å². The molecule has 0 N–H and O–H groups in total. The Labute approximate surface area is 119 Å². The average molecular weight is 294 g/mol. The topological polar surface area (TPSA) is 24.8 Å². The second-order valence-corrected chi connectivity index (χ2v) is 6.19. The fourth-order valence-corrected chi connectivity index (χ4v) is 2.02. The van der Waals surface area contributed by atoms with Crippen LogP contribution in [0.5, 0.6) is 0 Å². The van der Waals surface area contributed by atoms with Crippen molar-refractivity contribution in [1.29, 1.82) is 0 Å². The van der Waals surface area contributed by atoms with Gasteiger partial charge in [-0.15, -0.1) is 0 Å². The van der Waals surface area contributed by atoms with Crippen LogP contribution in [-0.2, 0) is 4.74 Å². The predicted molar refractivity (Wildman–Crippen MR) is 73.6 cm³/mol. The molecule has 0 fully saturated rings. The van der Waals surface area contributed by atoms with E-state index in [2.05, 4.69) is 12.0 Å². The molecule has 0 saturated carbocycles. The van der Waals surface area contributed by atoms with Gasteiger partial charge in [0.05, 0.1) is 11.3 Å². The van der Waals surface area contributed by atoms with Crippen LogP contribution in [0, 0.1) is 0 Å². The number of rotatable bonds is 5. The highest BCUT2D eigenvalue weighted by Crippen LogP contribution is 2.30. The van der Waals surface area contributed by atoms with Gasteiger partial charge >= 0.3 is 6.18 Å². The lowest BCUT2D eigenvalue weighted by molar-refractivity contribution is -0.217. The molecule has 0 saturated heterocycles. The number of alkyl halides is 3. The molecule has 0 aliphatic carbocycles. The highest BCUT2D eigenvalue weighted by molar-refractivity contribution is 5.89. The first-order valence-electron chi connectivity index (χ1n) is 7.19. The van der Waals surface area contributed by atoms with E-state index in [9.17, 15) is 13.2 Å². The first kappa shape index (κ1) is 17.3. The molecule has 118 valence electrons. The number of nitrogens with zero attached hydrogens (tertiary/aromatic N) is 2. The Morgan fingerprint density at radius 3 is 2.35 bits per heavy atom. The minimum Gasteiger partial charge on any atom is -0.341 e. The third-order valence-corrected chi connectivity index (χ3v) is 3.27. The summed E-state index contributed by atoms with van der Waals surface area (Å²) >= 11 is 0. The van der Waals surface area contributed by atoms with Crippen molar-refractivity contribution in [1.82, 2.24) is 5.01 Å². The van der Waals surface area contributed by atoms with Crippen LogP contribution in [0.4, 0.5) is 13.2 Å². The number of ether oxygens (including phenoxy) is 1. The van der Waals surface area contributed by atoms with Gasteiger partial charge in [0.15, 0.2) is 6.10 Å². The zero-order valence-electron chi connectivity index (χ0n) is 12.8. The van der Waals surface area contributed by atoms with Crippen molar-refractivity contribution in [2.24, 2.45) is 5.10 Å². The Bertz CT molecular complexity index is 334. The van der Waals surface area contributed by atoms with Crippen molar-refractivity contribution in [3.8, 4) is 0 Å². The minimum atomic E-state index is -4.38. The van der Waals surface area contributed by atoms with Crippen molar-refractivity contribution in [3.05, 3.63) is 0 Å². The first-order chi connectivity index (χ1) is 9.16. The molecule has 0 bridgehead atoms. The lowest BCUT2D eigenvalue weighted by Gasteiger charge is -2.39. The second kappa shape index (κ2) is 6.78. The summed E-state index contributed by atoms with van der Waals surface area (Å²) in [5.74, 6) is 0. The number of hydrogen-bond acceptors (Lipinski definition) is 3. The maximum atomic E-state index is 13.0. The van der Waals surface area contributed by atoms with Crippen LogP contribution >= 0.6 is 0 Å². The molecule has 3 nitrogen and oxygen atoms in total. The van der Waals surface area contributed by atoms with Crippen LogP contribution in [0.25, 0.3) is 0 Å². The van der Waals surface area contributed by atoms with Gasteiger partial charge in [-0.2, -0.15) is 18.3 Å². The van der Waals surface area contributed by atoms with E-state index in [4.69, 9.17) is 4.74 Å². The van der Waals surface area contributed by atoms with Crippen molar-refractivity contribution in [2.45, 2.75) is 77.6 Å². The van der Waals surface area contributed by atoms with Crippen LogP contribution in [0.15, 0.2) is 5.10 Å². The monoisotopic (exact) mass is 294 g/mol. The van der Waals surface area contributed by atoms with E-state index in [0.717, 1.165) is 25.7 Å². The first-order valence-corrected chi connectivity index (χ1v) is 7.19. The van der Waals surface area contributed by atoms with Crippen molar-refractivity contribution in [3.63, 3.8) is 0 Å². The molecule has 0 aromatic carbocycles. The zero-order valence-corrected chi connectivity index (χ0v) is 12.8. The van der Waals surface area contributed by atoms with Gasteiger partial charge in [0.25, 0.3) is 0 Å². The maximum Gasteiger partial charge on any atom is 0.420 e. The van der Waals surface area contributed by atoms with Crippen molar-refractivity contribution < 1.29 is 17.9 Å². The van der Waals surface area contributed by atoms with Crippen LogP contribution in [0.1, 0.15) is 59.8 Å². The van der Waals surface area contributed by atoms with Crippen molar-refractivity contribution >= 4 is 5.71 Å². The van der Waals surface area contributed by atoms with Crippen molar-refractivity contribution in [2.75, 3.05) is 6.73 Å². The van der Waals surface area contributed by atoms with E-state index in [1.165, 1.54) is 0 Å². The second-order valence-electron chi connectivity index (χ2n) is 6.19. The van der Waals surface area contributed by atoms with Gasteiger partial charge in [-0.25, -0.2) is 0 Å². The van der Waals surface area contributed by atoms with Crippen LogP contribution < -0.4 is 0 Å². The SMILES string of the molecule is CCCCCCC1=NN(C(C)(C)C)COC1C(F)(F)F. The molecule has 0 aromatic heterocycles. The third-order valence-electron chi connectivity index (χ3n) is 3.27. The normalized spacial score (nSPS) is 21.1. The van der Waals surface area contributed by atoms with E-state index in [1.807, 2.05) is 20.8 Å². The molecule has 1 aliphatic heterocycles. The van der Waals surface area contributed by atoms with Crippen LogP contribution in [-0.4, -0.2) is 35.3 Å². The lowest BCUT2D eigenvalue weighted by atomic mass is 10.0. The zero-order chi connectivity index (χ0) is 15.4. The molecule has 0 radical (unpaired) electrons. The Kier molecular flexibility index (Phi) is 5.86. The summed E-state index contributed by atoms with van der Waals surface area (Å²) in [7, 11) is 0. The maximum absolute atomic E-state index is 13.0. The molecule has 0 amide bonds. The summed E-state index contributed by atoms with van der Waals surface area (Å²) < 4.78 is 43.9. The molecule has 1 rings (SSSR count). The Morgan fingerprint density at radius 1 is 1.20 bits per heavy atom. The average Bonchev–Trinajstić information content (AvgIpc) is 2.32. The Hall–Kier alpha value is -0.780. The quantitative estimate of drug-likeness (QED) is 0.705. The van der Waals surface area contributed by atoms with E-state index < -0.39 is 12.3 Å². The summed E-state index contributed by atoms with van der Waals surface area (Å²) in [4.78, 5) is 0. The van der Waals surface area contributed by atoms with E-state index >= 15 is 0 Å². The third kappa shape index (κ3) is 4.96. The molecule has 0 spiro atoms. The molecule has 0 aromatic rings. The summed E-state index contributed by atoms with van der Waals surface area (Å²) in [5.41, 5.74) is -0.236. The molecule has 1 heterocycles.